The third kappa shape index (κ3) is 5.36. The largest absolute Gasteiger partial charge is 0.398 e. The molecular weight excluding hydrogens is 357 g/mol. The van der Waals surface area contributed by atoms with Crippen LogP contribution in [-0.2, 0) is 0 Å². The smallest absolute Gasteiger partial charge is 0.253 e. The van der Waals surface area contributed by atoms with Crippen LogP contribution in [-0.4, -0.2) is 30.4 Å². The number of carbonyl (C=O) groups is 1. The number of anilines is 1. The van der Waals surface area contributed by atoms with E-state index in [1.165, 1.54) is 18.4 Å². The van der Waals surface area contributed by atoms with E-state index in [-0.39, 0.29) is 36.8 Å². The van der Waals surface area contributed by atoms with Gasteiger partial charge in [-0.15, -0.1) is 24.8 Å². The van der Waals surface area contributed by atoms with Crippen LogP contribution in [0.15, 0.2) is 54.6 Å². The second kappa shape index (κ2) is 10.3. The fourth-order valence-corrected chi connectivity index (χ4v) is 3.17. The van der Waals surface area contributed by atoms with Crippen LogP contribution in [0.1, 0.15) is 34.8 Å². The van der Waals surface area contributed by atoms with E-state index in [1.54, 1.807) is 12.1 Å². The molecule has 1 saturated heterocycles. The topological polar surface area (TPSA) is 58.4 Å². The third-order valence-electron chi connectivity index (χ3n) is 4.43. The SMILES string of the molecule is Cl.Cl.Nc1ccccc1C(=O)NCC(c1ccccc1)N1CCCC1. The predicted molar refractivity (Wildman–Crippen MR) is 108 cm³/mol. The second-order valence-electron chi connectivity index (χ2n) is 5.97. The van der Waals surface area contributed by atoms with Crippen LogP contribution in [0.4, 0.5) is 5.69 Å². The van der Waals surface area contributed by atoms with Crippen molar-refractivity contribution >= 4 is 36.4 Å². The number of hydrogen-bond acceptors (Lipinski definition) is 3. The van der Waals surface area contributed by atoms with E-state index in [4.69, 9.17) is 5.73 Å². The summed E-state index contributed by atoms with van der Waals surface area (Å²) in [6.45, 7) is 2.77. The van der Waals surface area contributed by atoms with Gasteiger partial charge in [-0.3, -0.25) is 9.69 Å². The molecule has 1 atom stereocenters. The van der Waals surface area contributed by atoms with Crippen LogP contribution in [0.2, 0.25) is 0 Å². The Morgan fingerprint density at radius 2 is 1.60 bits per heavy atom. The molecule has 1 heterocycles. The minimum absolute atomic E-state index is 0. The van der Waals surface area contributed by atoms with E-state index in [9.17, 15) is 4.79 Å². The average Bonchev–Trinajstić information content (AvgIpc) is 3.10. The highest BCUT2D eigenvalue weighted by molar-refractivity contribution is 5.99. The number of amides is 1. The van der Waals surface area contributed by atoms with Gasteiger partial charge in [-0.05, 0) is 43.6 Å². The van der Waals surface area contributed by atoms with Crippen molar-refractivity contribution in [2.45, 2.75) is 18.9 Å². The van der Waals surface area contributed by atoms with Crippen molar-refractivity contribution in [1.82, 2.24) is 10.2 Å². The summed E-state index contributed by atoms with van der Waals surface area (Å²) < 4.78 is 0. The molecule has 0 aliphatic carbocycles. The summed E-state index contributed by atoms with van der Waals surface area (Å²) in [7, 11) is 0. The minimum Gasteiger partial charge on any atom is -0.398 e. The van der Waals surface area contributed by atoms with Crippen LogP contribution in [0.25, 0.3) is 0 Å². The van der Waals surface area contributed by atoms with Gasteiger partial charge in [-0.1, -0.05) is 42.5 Å². The van der Waals surface area contributed by atoms with E-state index >= 15 is 0 Å². The number of nitrogen functional groups attached to an aromatic ring is 1. The molecule has 0 aromatic heterocycles. The zero-order valence-electron chi connectivity index (χ0n) is 14.1. The van der Waals surface area contributed by atoms with Crippen LogP contribution < -0.4 is 11.1 Å². The number of nitrogens with zero attached hydrogens (tertiary/aromatic N) is 1. The second-order valence-corrected chi connectivity index (χ2v) is 5.97. The van der Waals surface area contributed by atoms with Crippen LogP contribution >= 0.6 is 24.8 Å². The molecule has 0 bridgehead atoms. The van der Waals surface area contributed by atoms with E-state index in [0.29, 0.717) is 17.8 Å². The highest BCUT2D eigenvalue weighted by Crippen LogP contribution is 2.24. The molecule has 25 heavy (non-hydrogen) atoms. The predicted octanol–water partition coefficient (Wildman–Crippen LogP) is 3.68. The molecule has 3 rings (SSSR count). The Hall–Kier alpha value is -1.75. The van der Waals surface area contributed by atoms with Crippen molar-refractivity contribution in [2.24, 2.45) is 0 Å². The lowest BCUT2D eigenvalue weighted by atomic mass is 10.1. The van der Waals surface area contributed by atoms with E-state index in [2.05, 4.69) is 34.5 Å². The maximum Gasteiger partial charge on any atom is 0.253 e. The van der Waals surface area contributed by atoms with Crippen LogP contribution in [0.5, 0.6) is 0 Å². The van der Waals surface area contributed by atoms with Crippen molar-refractivity contribution < 1.29 is 4.79 Å². The zero-order valence-corrected chi connectivity index (χ0v) is 15.7. The summed E-state index contributed by atoms with van der Waals surface area (Å²) in [5.41, 5.74) is 8.19. The van der Waals surface area contributed by atoms with Crippen LogP contribution in [0, 0.1) is 0 Å². The summed E-state index contributed by atoms with van der Waals surface area (Å²) >= 11 is 0. The summed E-state index contributed by atoms with van der Waals surface area (Å²) in [6.07, 6.45) is 2.45. The molecule has 1 aliphatic rings. The quantitative estimate of drug-likeness (QED) is 0.776. The van der Waals surface area contributed by atoms with Crippen molar-refractivity contribution in [1.29, 1.82) is 0 Å². The van der Waals surface area contributed by atoms with Gasteiger partial charge in [0.2, 0.25) is 0 Å². The van der Waals surface area contributed by atoms with Gasteiger partial charge < -0.3 is 11.1 Å². The highest BCUT2D eigenvalue weighted by atomic mass is 35.5. The van der Waals surface area contributed by atoms with Gasteiger partial charge in [0, 0.05) is 12.2 Å². The number of carbonyl (C=O) groups excluding carboxylic acids is 1. The van der Waals surface area contributed by atoms with E-state index < -0.39 is 0 Å². The molecule has 1 fully saturated rings. The summed E-state index contributed by atoms with van der Waals surface area (Å²) in [5.74, 6) is -0.108. The third-order valence-corrected chi connectivity index (χ3v) is 4.43. The molecule has 136 valence electrons. The summed E-state index contributed by atoms with van der Waals surface area (Å²) in [6, 6.07) is 17.8. The Balaban J connectivity index is 0.00000156. The maximum atomic E-state index is 12.4. The maximum absolute atomic E-state index is 12.4. The Bertz CT molecular complexity index is 661. The zero-order chi connectivity index (χ0) is 16.1. The standard InChI is InChI=1S/C19H23N3O.2ClH/c20-17-11-5-4-10-16(17)19(23)21-14-18(22-12-6-7-13-22)15-8-2-1-3-9-15;;/h1-5,8-11,18H,6-7,12-14,20H2,(H,21,23);2*1H. The van der Waals surface area contributed by atoms with Gasteiger partial charge in [0.15, 0.2) is 0 Å². The molecule has 0 spiro atoms. The van der Waals surface area contributed by atoms with Gasteiger partial charge in [-0.25, -0.2) is 0 Å². The van der Waals surface area contributed by atoms with Gasteiger partial charge in [0.05, 0.1) is 11.6 Å². The molecule has 1 amide bonds. The molecule has 2 aromatic rings. The number of nitrogens with two attached hydrogens (primary N) is 1. The van der Waals surface area contributed by atoms with Gasteiger partial charge in [-0.2, -0.15) is 0 Å². The number of rotatable bonds is 5. The lowest BCUT2D eigenvalue weighted by Crippen LogP contribution is -2.37. The first-order chi connectivity index (χ1) is 11.3. The Morgan fingerprint density at radius 3 is 2.24 bits per heavy atom. The highest BCUT2D eigenvalue weighted by Gasteiger charge is 2.24. The molecule has 1 unspecified atom stereocenters. The number of likely N-dealkylation sites (tertiary alicyclic amines) is 1. The van der Waals surface area contributed by atoms with E-state index in [0.717, 1.165) is 13.1 Å². The van der Waals surface area contributed by atoms with Gasteiger partial charge >= 0.3 is 0 Å². The van der Waals surface area contributed by atoms with Crippen molar-refractivity contribution in [3.8, 4) is 0 Å². The average molecular weight is 382 g/mol. The number of hydrogen-bond donors (Lipinski definition) is 2. The van der Waals surface area contributed by atoms with Gasteiger partial charge in [0.1, 0.15) is 0 Å². The monoisotopic (exact) mass is 381 g/mol. The van der Waals surface area contributed by atoms with Gasteiger partial charge in [0.25, 0.3) is 5.91 Å². The first kappa shape index (κ1) is 21.3. The summed E-state index contributed by atoms with van der Waals surface area (Å²) in [4.78, 5) is 14.9. The normalized spacial score (nSPS) is 14.9. The Kier molecular flexibility index (Phi) is 8.76. The number of nitrogens with one attached hydrogen (secondary N) is 1. The summed E-state index contributed by atoms with van der Waals surface area (Å²) in [5, 5.41) is 3.05. The number of benzene rings is 2. The molecule has 0 saturated carbocycles. The van der Waals surface area contributed by atoms with Crippen molar-refractivity contribution in [3.05, 3.63) is 65.7 Å². The lowest BCUT2D eigenvalue weighted by Gasteiger charge is -2.28. The molecule has 1 aliphatic heterocycles. The molecule has 2 aromatic carbocycles. The Morgan fingerprint density at radius 1 is 1.00 bits per heavy atom. The first-order valence-electron chi connectivity index (χ1n) is 8.17. The van der Waals surface area contributed by atoms with E-state index in [1.807, 2.05) is 18.2 Å². The van der Waals surface area contributed by atoms with Crippen LogP contribution in [0.3, 0.4) is 0 Å². The molecule has 3 N–H and O–H groups in total. The van der Waals surface area contributed by atoms with Crippen molar-refractivity contribution in [3.63, 3.8) is 0 Å². The number of halogens is 2. The fraction of sp³-hybridized carbons (Fsp3) is 0.316. The fourth-order valence-electron chi connectivity index (χ4n) is 3.17. The lowest BCUT2D eigenvalue weighted by molar-refractivity contribution is 0.0939. The Labute approximate surface area is 161 Å². The molecule has 6 heteroatoms. The molecular formula is C19H25Cl2N3O. The minimum atomic E-state index is -0.108. The number of para-hydroxylation sites is 1. The molecule has 0 radical (unpaired) electrons. The molecule has 4 nitrogen and oxygen atoms in total. The van der Waals surface area contributed by atoms with Crippen molar-refractivity contribution in [2.75, 3.05) is 25.4 Å². The first-order valence-corrected chi connectivity index (χ1v) is 8.17.